The zero-order chi connectivity index (χ0) is 20.1. The highest BCUT2D eigenvalue weighted by Gasteiger charge is 2.12. The Morgan fingerprint density at radius 1 is 1.11 bits per heavy atom. The van der Waals surface area contributed by atoms with Gasteiger partial charge >= 0.3 is 0 Å². The van der Waals surface area contributed by atoms with Crippen molar-refractivity contribution in [2.24, 2.45) is 17.2 Å². The molecule has 11 heteroatoms. The van der Waals surface area contributed by atoms with Crippen LogP contribution in [0.1, 0.15) is 5.56 Å². The van der Waals surface area contributed by atoms with Crippen molar-refractivity contribution in [2.75, 3.05) is 0 Å². The first-order valence-corrected chi connectivity index (χ1v) is 8.95. The molecular formula is C16H15Cl2N5O3S. The third-order valence-electron chi connectivity index (χ3n) is 3.36. The maximum Gasteiger partial charge on any atom is 0.269 e. The van der Waals surface area contributed by atoms with Crippen molar-refractivity contribution >= 4 is 46.6 Å². The SMILES string of the molecule is NC(=O)/C(N)=C(\N)NCc1cc(Cl)c(Sc2ccc([N+](=O)[O-])cc2)c(Cl)c1. The number of amides is 1. The van der Waals surface area contributed by atoms with Crippen LogP contribution in [0.15, 0.2) is 57.7 Å². The number of nitrogens with one attached hydrogen (secondary N) is 1. The van der Waals surface area contributed by atoms with Crippen LogP contribution in [0.3, 0.4) is 0 Å². The molecule has 2 rings (SSSR count). The summed E-state index contributed by atoms with van der Waals surface area (Å²) >= 11 is 13.9. The number of hydrogen-bond acceptors (Lipinski definition) is 7. The molecule has 0 aromatic heterocycles. The molecule has 7 N–H and O–H groups in total. The number of carbonyl (C=O) groups is 1. The van der Waals surface area contributed by atoms with Crippen molar-refractivity contribution in [3.05, 3.63) is 73.6 Å². The number of nitro benzene ring substituents is 1. The lowest BCUT2D eigenvalue weighted by atomic mass is 10.2. The molecule has 0 aliphatic heterocycles. The molecule has 0 aliphatic rings. The highest BCUT2D eigenvalue weighted by molar-refractivity contribution is 7.99. The number of nitrogens with zero attached hydrogens (tertiary/aromatic N) is 1. The molecule has 2 aromatic rings. The van der Waals surface area contributed by atoms with Crippen LogP contribution >= 0.6 is 35.0 Å². The van der Waals surface area contributed by atoms with Crippen molar-refractivity contribution < 1.29 is 9.72 Å². The lowest BCUT2D eigenvalue weighted by molar-refractivity contribution is -0.384. The minimum atomic E-state index is -0.828. The molecule has 1 amide bonds. The molecule has 0 saturated carbocycles. The third-order valence-corrected chi connectivity index (χ3v) is 5.34. The van der Waals surface area contributed by atoms with Crippen molar-refractivity contribution in [1.29, 1.82) is 0 Å². The second kappa shape index (κ2) is 8.85. The molecule has 2 aromatic carbocycles. The Bertz CT molecular complexity index is 896. The summed E-state index contributed by atoms with van der Waals surface area (Å²) in [5.41, 5.74) is 16.6. The summed E-state index contributed by atoms with van der Waals surface area (Å²) in [6.45, 7) is 0.224. The standard InChI is InChI=1S/C16H15Cl2N5O3S/c17-11-5-8(7-22-15(20)13(19)16(21)24)6-12(18)14(11)27-10-3-1-9(2-4-10)23(25)26/h1-6,22H,7,19-20H2,(H2,21,24)/b15-13-. The van der Waals surface area contributed by atoms with Gasteiger partial charge in [-0.25, -0.2) is 0 Å². The highest BCUT2D eigenvalue weighted by atomic mass is 35.5. The molecule has 0 atom stereocenters. The Morgan fingerprint density at radius 3 is 2.15 bits per heavy atom. The van der Waals surface area contributed by atoms with Gasteiger partial charge in [-0.15, -0.1) is 0 Å². The summed E-state index contributed by atoms with van der Waals surface area (Å²) < 4.78 is 0. The highest BCUT2D eigenvalue weighted by Crippen LogP contribution is 2.39. The lowest BCUT2D eigenvalue weighted by Gasteiger charge is -2.12. The third kappa shape index (κ3) is 5.43. The average Bonchev–Trinajstić information content (AvgIpc) is 2.62. The van der Waals surface area contributed by atoms with Gasteiger partial charge in [0.2, 0.25) is 0 Å². The van der Waals surface area contributed by atoms with Gasteiger partial charge in [-0.05, 0) is 29.8 Å². The second-order valence-electron chi connectivity index (χ2n) is 5.29. The van der Waals surface area contributed by atoms with E-state index in [4.69, 9.17) is 40.4 Å². The van der Waals surface area contributed by atoms with Gasteiger partial charge in [0.15, 0.2) is 0 Å². The average molecular weight is 428 g/mol. The first kappa shape index (κ1) is 20.7. The van der Waals surface area contributed by atoms with Gasteiger partial charge in [-0.2, -0.15) is 0 Å². The predicted octanol–water partition coefficient (Wildman–Crippen LogP) is 2.71. The van der Waals surface area contributed by atoms with E-state index in [1.807, 2.05) is 0 Å². The van der Waals surface area contributed by atoms with E-state index < -0.39 is 10.8 Å². The molecule has 142 valence electrons. The fraction of sp³-hybridized carbons (Fsp3) is 0.0625. The van der Waals surface area contributed by atoms with Crippen molar-refractivity contribution in [2.45, 2.75) is 16.3 Å². The molecule has 0 aliphatic carbocycles. The van der Waals surface area contributed by atoms with E-state index in [2.05, 4.69) is 5.32 Å². The predicted molar refractivity (Wildman–Crippen MR) is 105 cm³/mol. The van der Waals surface area contributed by atoms with E-state index in [0.29, 0.717) is 20.5 Å². The first-order chi connectivity index (χ1) is 12.7. The van der Waals surface area contributed by atoms with E-state index in [0.717, 1.165) is 4.90 Å². The van der Waals surface area contributed by atoms with Gasteiger partial charge in [-0.3, -0.25) is 14.9 Å². The Morgan fingerprint density at radius 2 is 1.67 bits per heavy atom. The number of nitrogens with two attached hydrogens (primary N) is 3. The first-order valence-electron chi connectivity index (χ1n) is 7.38. The number of carbonyl (C=O) groups excluding carboxylic acids is 1. The number of non-ortho nitro benzene ring substituents is 1. The van der Waals surface area contributed by atoms with Crippen molar-refractivity contribution in [1.82, 2.24) is 5.32 Å². The van der Waals surface area contributed by atoms with E-state index >= 15 is 0 Å². The summed E-state index contributed by atoms with van der Waals surface area (Å²) in [6, 6.07) is 9.40. The molecule has 0 heterocycles. The monoisotopic (exact) mass is 427 g/mol. The molecule has 27 heavy (non-hydrogen) atoms. The molecular weight excluding hydrogens is 413 g/mol. The van der Waals surface area contributed by atoms with Gasteiger partial charge in [0.1, 0.15) is 11.5 Å². The fourth-order valence-corrected chi connectivity index (χ4v) is 3.58. The summed E-state index contributed by atoms with van der Waals surface area (Å²) in [4.78, 5) is 22.6. The van der Waals surface area contributed by atoms with Crippen LogP contribution in [-0.4, -0.2) is 10.8 Å². The minimum absolute atomic E-state index is 0.00107. The molecule has 0 radical (unpaired) electrons. The van der Waals surface area contributed by atoms with Gasteiger partial charge < -0.3 is 22.5 Å². The number of nitro groups is 1. The largest absolute Gasteiger partial charge is 0.391 e. The van der Waals surface area contributed by atoms with Crippen LogP contribution < -0.4 is 22.5 Å². The maximum atomic E-state index is 11.0. The number of rotatable bonds is 7. The molecule has 8 nitrogen and oxygen atoms in total. The number of primary amides is 1. The molecule has 0 bridgehead atoms. The van der Waals surface area contributed by atoms with E-state index in [-0.39, 0.29) is 23.8 Å². The van der Waals surface area contributed by atoms with E-state index in [1.54, 1.807) is 24.3 Å². The van der Waals surface area contributed by atoms with Crippen LogP contribution in [0.2, 0.25) is 10.0 Å². The maximum absolute atomic E-state index is 11.0. The van der Waals surface area contributed by atoms with Crippen LogP contribution in [0, 0.1) is 10.1 Å². The van der Waals surface area contributed by atoms with Crippen LogP contribution in [0.4, 0.5) is 5.69 Å². The minimum Gasteiger partial charge on any atom is -0.391 e. The van der Waals surface area contributed by atoms with Gasteiger partial charge in [0, 0.05) is 28.5 Å². The number of hydrogen-bond donors (Lipinski definition) is 4. The Hall–Kier alpha value is -2.62. The topological polar surface area (TPSA) is 150 Å². The fourth-order valence-electron chi connectivity index (χ4n) is 1.99. The molecule has 0 unspecified atom stereocenters. The zero-order valence-electron chi connectivity index (χ0n) is 13.7. The van der Waals surface area contributed by atoms with Crippen LogP contribution in [0.5, 0.6) is 0 Å². The summed E-state index contributed by atoms with van der Waals surface area (Å²) in [5, 5.41) is 14.3. The summed E-state index contributed by atoms with van der Waals surface area (Å²) in [6.07, 6.45) is 0. The van der Waals surface area contributed by atoms with Crippen LogP contribution in [0.25, 0.3) is 0 Å². The lowest BCUT2D eigenvalue weighted by Crippen LogP contribution is -2.31. The van der Waals surface area contributed by atoms with Gasteiger partial charge in [-0.1, -0.05) is 35.0 Å². The quantitative estimate of drug-likeness (QED) is 0.301. The normalized spacial score (nSPS) is 11.6. The van der Waals surface area contributed by atoms with Crippen LogP contribution in [-0.2, 0) is 11.3 Å². The summed E-state index contributed by atoms with van der Waals surface area (Å²) in [5.74, 6) is -0.870. The second-order valence-corrected chi connectivity index (χ2v) is 7.18. The Kier molecular flexibility index (Phi) is 6.78. The van der Waals surface area contributed by atoms with Gasteiger partial charge in [0.25, 0.3) is 11.6 Å². The smallest absolute Gasteiger partial charge is 0.269 e. The zero-order valence-corrected chi connectivity index (χ0v) is 16.1. The number of halogens is 2. The Balaban J connectivity index is 2.15. The Labute approximate surface area is 168 Å². The van der Waals surface area contributed by atoms with E-state index in [1.165, 1.54) is 23.9 Å². The van der Waals surface area contributed by atoms with Gasteiger partial charge in [0.05, 0.1) is 15.0 Å². The van der Waals surface area contributed by atoms with Crippen molar-refractivity contribution in [3.63, 3.8) is 0 Å². The van der Waals surface area contributed by atoms with E-state index in [9.17, 15) is 14.9 Å². The molecule has 0 spiro atoms. The molecule has 0 fully saturated rings. The summed E-state index contributed by atoms with van der Waals surface area (Å²) in [7, 11) is 0. The molecule has 0 saturated heterocycles. The van der Waals surface area contributed by atoms with Crippen molar-refractivity contribution in [3.8, 4) is 0 Å². The number of benzene rings is 2.